The Bertz CT molecular complexity index is 626. The van der Waals surface area contributed by atoms with E-state index in [9.17, 15) is 4.79 Å². The first kappa shape index (κ1) is 11.7. The molecule has 1 aromatic carbocycles. The molecule has 0 spiro atoms. The van der Waals surface area contributed by atoms with Gasteiger partial charge in [-0.15, -0.1) is 0 Å². The van der Waals surface area contributed by atoms with Gasteiger partial charge < -0.3 is 10.6 Å². The SMILES string of the molecule is Nc1nc2c(s1)C(=O)N(c1cccc(Br)c1)CC2. The van der Waals surface area contributed by atoms with E-state index < -0.39 is 0 Å². The molecule has 0 unspecified atom stereocenters. The van der Waals surface area contributed by atoms with Crippen LogP contribution in [0.4, 0.5) is 10.8 Å². The number of rotatable bonds is 1. The smallest absolute Gasteiger partial charge is 0.270 e. The molecule has 0 bridgehead atoms. The van der Waals surface area contributed by atoms with Crippen molar-refractivity contribution < 1.29 is 4.79 Å². The summed E-state index contributed by atoms with van der Waals surface area (Å²) in [5.74, 6) is -0.0106. The second-order valence-electron chi connectivity index (χ2n) is 4.01. The third-order valence-electron chi connectivity index (χ3n) is 2.85. The van der Waals surface area contributed by atoms with Gasteiger partial charge in [-0.25, -0.2) is 4.98 Å². The van der Waals surface area contributed by atoms with E-state index >= 15 is 0 Å². The molecule has 2 heterocycles. The Morgan fingerprint density at radius 3 is 3.06 bits per heavy atom. The van der Waals surface area contributed by atoms with E-state index in [1.54, 1.807) is 4.90 Å². The summed E-state index contributed by atoms with van der Waals surface area (Å²) in [4.78, 5) is 19.0. The fourth-order valence-electron chi connectivity index (χ4n) is 2.04. The first-order valence-corrected chi connectivity index (χ1v) is 7.09. The van der Waals surface area contributed by atoms with Crippen LogP contribution in [-0.2, 0) is 6.42 Å². The molecule has 2 N–H and O–H groups in total. The molecule has 0 fully saturated rings. The van der Waals surface area contributed by atoms with E-state index in [1.807, 2.05) is 24.3 Å². The summed E-state index contributed by atoms with van der Waals surface area (Å²) in [6.45, 7) is 0.644. The zero-order chi connectivity index (χ0) is 12.7. The minimum atomic E-state index is -0.0106. The van der Waals surface area contributed by atoms with Gasteiger partial charge in [0.2, 0.25) is 0 Å². The van der Waals surface area contributed by atoms with E-state index in [4.69, 9.17) is 5.73 Å². The molecule has 1 amide bonds. The molecule has 2 aromatic rings. The predicted molar refractivity (Wildman–Crippen MR) is 76.0 cm³/mol. The molecule has 1 aliphatic rings. The number of nitrogens with two attached hydrogens (primary N) is 1. The van der Waals surface area contributed by atoms with Crippen LogP contribution in [0.25, 0.3) is 0 Å². The van der Waals surface area contributed by atoms with E-state index in [-0.39, 0.29) is 5.91 Å². The third kappa shape index (κ3) is 1.91. The van der Waals surface area contributed by atoms with Crippen LogP contribution in [0.15, 0.2) is 28.7 Å². The fourth-order valence-corrected chi connectivity index (χ4v) is 3.25. The molecule has 1 aliphatic heterocycles. The standard InChI is InChI=1S/C12H10BrN3OS/c13-7-2-1-3-8(6-7)16-5-4-9-10(11(16)17)18-12(14)15-9/h1-3,6H,4-5H2,(H2,14,15). The van der Waals surface area contributed by atoms with Crippen LogP contribution < -0.4 is 10.6 Å². The molecule has 0 atom stereocenters. The number of amides is 1. The van der Waals surface area contributed by atoms with Crippen LogP contribution in [0.1, 0.15) is 15.4 Å². The third-order valence-corrected chi connectivity index (χ3v) is 4.25. The Balaban J connectivity index is 2.00. The minimum absolute atomic E-state index is 0.0106. The Kier molecular flexibility index (Phi) is 2.83. The fraction of sp³-hybridized carbons (Fsp3) is 0.167. The topological polar surface area (TPSA) is 59.2 Å². The number of fused-ring (bicyclic) bond motifs is 1. The largest absolute Gasteiger partial charge is 0.375 e. The maximum atomic E-state index is 12.4. The summed E-state index contributed by atoms with van der Waals surface area (Å²) in [6.07, 6.45) is 0.751. The van der Waals surface area contributed by atoms with Gasteiger partial charge in [0.05, 0.1) is 5.69 Å². The number of anilines is 2. The van der Waals surface area contributed by atoms with Gasteiger partial charge in [0.1, 0.15) is 4.88 Å². The number of carbonyl (C=O) groups excluding carboxylic acids is 1. The highest BCUT2D eigenvalue weighted by Gasteiger charge is 2.28. The number of thiazole rings is 1. The summed E-state index contributed by atoms with van der Waals surface area (Å²) >= 11 is 4.68. The van der Waals surface area contributed by atoms with Crippen molar-refractivity contribution in [1.82, 2.24) is 4.98 Å². The summed E-state index contributed by atoms with van der Waals surface area (Å²) < 4.78 is 0.961. The van der Waals surface area contributed by atoms with Gasteiger partial charge in [0.25, 0.3) is 5.91 Å². The molecule has 1 aromatic heterocycles. The zero-order valence-corrected chi connectivity index (χ0v) is 11.8. The van der Waals surface area contributed by atoms with E-state index in [1.165, 1.54) is 11.3 Å². The highest BCUT2D eigenvalue weighted by atomic mass is 79.9. The van der Waals surface area contributed by atoms with Crippen LogP contribution in [0.5, 0.6) is 0 Å². The Morgan fingerprint density at radius 2 is 2.28 bits per heavy atom. The van der Waals surface area contributed by atoms with Crippen molar-refractivity contribution >= 4 is 44.0 Å². The average Bonchev–Trinajstić information content (AvgIpc) is 2.71. The first-order chi connectivity index (χ1) is 8.65. The van der Waals surface area contributed by atoms with Crippen LogP contribution in [0.3, 0.4) is 0 Å². The van der Waals surface area contributed by atoms with Crippen molar-refractivity contribution in [2.75, 3.05) is 17.2 Å². The van der Waals surface area contributed by atoms with Crippen LogP contribution in [-0.4, -0.2) is 17.4 Å². The quantitative estimate of drug-likeness (QED) is 0.877. The molecule has 6 heteroatoms. The molecule has 0 radical (unpaired) electrons. The van der Waals surface area contributed by atoms with Crippen LogP contribution in [0.2, 0.25) is 0 Å². The molecule has 0 saturated heterocycles. The van der Waals surface area contributed by atoms with Crippen molar-refractivity contribution in [2.45, 2.75) is 6.42 Å². The van der Waals surface area contributed by atoms with Gasteiger partial charge in [-0.05, 0) is 18.2 Å². The molecular formula is C12H10BrN3OS. The number of benzene rings is 1. The number of nitrogens with zero attached hydrogens (tertiary/aromatic N) is 2. The monoisotopic (exact) mass is 323 g/mol. The molecular weight excluding hydrogens is 314 g/mol. The van der Waals surface area contributed by atoms with E-state index in [2.05, 4.69) is 20.9 Å². The number of halogens is 1. The Hall–Kier alpha value is -1.40. The lowest BCUT2D eigenvalue weighted by Gasteiger charge is -2.26. The lowest BCUT2D eigenvalue weighted by molar-refractivity contribution is 0.0984. The maximum Gasteiger partial charge on any atom is 0.270 e. The van der Waals surface area contributed by atoms with Crippen molar-refractivity contribution in [2.24, 2.45) is 0 Å². The van der Waals surface area contributed by atoms with Gasteiger partial charge >= 0.3 is 0 Å². The highest BCUT2D eigenvalue weighted by Crippen LogP contribution is 2.30. The lowest BCUT2D eigenvalue weighted by Crippen LogP contribution is -2.36. The maximum absolute atomic E-state index is 12.4. The van der Waals surface area contributed by atoms with Crippen LogP contribution in [0, 0.1) is 0 Å². The van der Waals surface area contributed by atoms with Crippen molar-refractivity contribution in [3.05, 3.63) is 39.3 Å². The number of nitrogen functional groups attached to an aromatic ring is 1. The Labute approximate surface area is 117 Å². The summed E-state index contributed by atoms with van der Waals surface area (Å²) in [7, 11) is 0. The number of carbonyl (C=O) groups is 1. The van der Waals surface area contributed by atoms with Gasteiger partial charge in [-0.1, -0.05) is 33.3 Å². The van der Waals surface area contributed by atoms with E-state index in [0.717, 1.165) is 22.3 Å². The number of aromatic nitrogens is 1. The predicted octanol–water partition coefficient (Wildman–Crippen LogP) is 2.69. The van der Waals surface area contributed by atoms with Gasteiger partial charge in [-0.3, -0.25) is 4.79 Å². The molecule has 4 nitrogen and oxygen atoms in total. The van der Waals surface area contributed by atoms with Crippen molar-refractivity contribution in [1.29, 1.82) is 0 Å². The Morgan fingerprint density at radius 1 is 1.44 bits per heavy atom. The first-order valence-electron chi connectivity index (χ1n) is 5.48. The number of hydrogen-bond acceptors (Lipinski definition) is 4. The summed E-state index contributed by atoms with van der Waals surface area (Å²) in [6, 6.07) is 7.72. The molecule has 3 rings (SSSR count). The average molecular weight is 324 g/mol. The molecule has 18 heavy (non-hydrogen) atoms. The van der Waals surface area contributed by atoms with Gasteiger partial charge in [-0.2, -0.15) is 0 Å². The van der Waals surface area contributed by atoms with Crippen molar-refractivity contribution in [3.63, 3.8) is 0 Å². The second-order valence-corrected chi connectivity index (χ2v) is 5.96. The zero-order valence-electron chi connectivity index (χ0n) is 9.39. The molecule has 0 saturated carbocycles. The van der Waals surface area contributed by atoms with Gasteiger partial charge in [0, 0.05) is 23.1 Å². The number of hydrogen-bond donors (Lipinski definition) is 1. The van der Waals surface area contributed by atoms with Crippen LogP contribution >= 0.6 is 27.3 Å². The molecule has 92 valence electrons. The normalized spacial score (nSPS) is 14.7. The summed E-state index contributed by atoms with van der Waals surface area (Å²) in [5.41, 5.74) is 7.38. The van der Waals surface area contributed by atoms with Gasteiger partial charge in [0.15, 0.2) is 5.13 Å². The second kappa shape index (κ2) is 4.37. The highest BCUT2D eigenvalue weighted by molar-refractivity contribution is 9.10. The lowest BCUT2D eigenvalue weighted by atomic mass is 10.1. The molecule has 0 aliphatic carbocycles. The van der Waals surface area contributed by atoms with E-state index in [0.29, 0.717) is 16.6 Å². The minimum Gasteiger partial charge on any atom is -0.375 e. The summed E-state index contributed by atoms with van der Waals surface area (Å²) in [5, 5.41) is 0.462. The van der Waals surface area contributed by atoms with Crippen molar-refractivity contribution in [3.8, 4) is 0 Å².